The van der Waals surface area contributed by atoms with Crippen LogP contribution in [0.1, 0.15) is 69.7 Å². The fourth-order valence-electron chi connectivity index (χ4n) is 4.86. The van der Waals surface area contributed by atoms with Crippen LogP contribution in [0, 0.1) is 0 Å². The number of rotatable bonds is 13. The topological polar surface area (TPSA) is 104 Å². The maximum Gasteiger partial charge on any atom is 0.295 e. The first-order chi connectivity index (χ1) is 19.1. The van der Waals surface area contributed by atoms with Crippen LogP contribution in [0.4, 0.5) is 0 Å². The van der Waals surface area contributed by atoms with Crippen molar-refractivity contribution in [3.05, 3.63) is 52.6 Å². The number of ketones is 1. The highest BCUT2D eigenvalue weighted by Crippen LogP contribution is 2.46. The van der Waals surface area contributed by atoms with E-state index in [9.17, 15) is 14.7 Å². The third-order valence-corrected chi connectivity index (χ3v) is 6.74. The molecule has 0 saturated carbocycles. The van der Waals surface area contributed by atoms with Gasteiger partial charge >= 0.3 is 0 Å². The van der Waals surface area contributed by atoms with E-state index in [1.54, 1.807) is 30.3 Å². The summed E-state index contributed by atoms with van der Waals surface area (Å²) >= 11 is 0. The molecule has 1 aliphatic heterocycles. The van der Waals surface area contributed by atoms with Crippen LogP contribution in [0.15, 0.2) is 35.9 Å². The first-order valence-corrected chi connectivity index (χ1v) is 13.6. The zero-order valence-corrected chi connectivity index (χ0v) is 24.7. The zero-order chi connectivity index (χ0) is 29.6. The fraction of sp³-hybridized carbons (Fsp3) is 0.484. The van der Waals surface area contributed by atoms with Gasteiger partial charge in [0.15, 0.2) is 11.5 Å². The zero-order valence-electron chi connectivity index (χ0n) is 24.7. The third kappa shape index (κ3) is 6.36. The van der Waals surface area contributed by atoms with Gasteiger partial charge in [0.05, 0.1) is 45.7 Å². The number of ether oxygens (including phenoxy) is 5. The van der Waals surface area contributed by atoms with Gasteiger partial charge in [-0.15, -0.1) is 0 Å². The van der Waals surface area contributed by atoms with Crippen molar-refractivity contribution in [2.75, 3.05) is 41.1 Å². The van der Waals surface area contributed by atoms with E-state index in [2.05, 4.69) is 0 Å². The second-order valence-corrected chi connectivity index (χ2v) is 10.1. The molecule has 1 atom stereocenters. The van der Waals surface area contributed by atoms with Crippen molar-refractivity contribution >= 4 is 17.4 Å². The molecule has 1 fully saturated rings. The molecular weight excluding hydrogens is 514 g/mol. The Morgan fingerprint density at radius 1 is 0.950 bits per heavy atom. The molecule has 1 heterocycles. The Balaban J connectivity index is 2.21. The van der Waals surface area contributed by atoms with E-state index in [0.717, 1.165) is 5.56 Å². The van der Waals surface area contributed by atoms with Gasteiger partial charge in [0.2, 0.25) is 5.75 Å². The van der Waals surface area contributed by atoms with Crippen LogP contribution in [0.5, 0.6) is 23.0 Å². The molecular formula is C31H41NO8. The van der Waals surface area contributed by atoms with Crippen LogP contribution in [0.2, 0.25) is 0 Å². The Morgan fingerprint density at radius 2 is 1.60 bits per heavy atom. The summed E-state index contributed by atoms with van der Waals surface area (Å²) < 4.78 is 28.0. The lowest BCUT2D eigenvalue weighted by Crippen LogP contribution is -2.31. The number of nitrogens with zero attached hydrogens (tertiary/aromatic N) is 1. The van der Waals surface area contributed by atoms with E-state index >= 15 is 0 Å². The van der Waals surface area contributed by atoms with Crippen LogP contribution in [-0.2, 0) is 14.3 Å². The summed E-state index contributed by atoms with van der Waals surface area (Å²) in [4.78, 5) is 28.4. The number of methoxy groups -OCH3 is 3. The number of benzene rings is 2. The minimum absolute atomic E-state index is 0.0112. The van der Waals surface area contributed by atoms with Crippen LogP contribution in [-0.4, -0.2) is 68.9 Å². The van der Waals surface area contributed by atoms with Crippen molar-refractivity contribution < 1.29 is 38.4 Å². The van der Waals surface area contributed by atoms with E-state index in [1.807, 2.05) is 34.6 Å². The normalized spacial score (nSPS) is 16.6. The quantitative estimate of drug-likeness (QED) is 0.150. The summed E-state index contributed by atoms with van der Waals surface area (Å²) in [7, 11) is 4.49. The number of amides is 1. The summed E-state index contributed by atoms with van der Waals surface area (Å²) in [6.07, 6.45) is 0.545. The molecule has 1 unspecified atom stereocenters. The summed E-state index contributed by atoms with van der Waals surface area (Å²) in [5.74, 6) is 0.208. The van der Waals surface area contributed by atoms with Crippen molar-refractivity contribution in [2.24, 2.45) is 0 Å². The van der Waals surface area contributed by atoms with Crippen LogP contribution in [0.25, 0.3) is 5.76 Å². The molecule has 3 rings (SSSR count). The van der Waals surface area contributed by atoms with Gasteiger partial charge in [0.25, 0.3) is 11.7 Å². The molecule has 2 aromatic carbocycles. The Labute approximate surface area is 236 Å². The summed E-state index contributed by atoms with van der Waals surface area (Å²) in [5.41, 5.74) is 1.83. The summed E-state index contributed by atoms with van der Waals surface area (Å²) in [6, 6.07) is 7.79. The standard InChI is InChI=1S/C31H41NO8/c1-9-39-23-12-11-20(15-22(23)18(2)3)28(33)26-27(21-16-24(36-6)30(38-8)25(17-21)37-7)32(31(35)29(26)34)13-10-14-40-19(4)5/h11-12,15-19,27,33H,9-10,13-14H2,1-8H3/b28-26+. The molecule has 1 aliphatic rings. The van der Waals surface area contributed by atoms with Gasteiger partial charge < -0.3 is 33.7 Å². The number of likely N-dealkylation sites (tertiary alicyclic amines) is 1. The average molecular weight is 556 g/mol. The van der Waals surface area contributed by atoms with Crippen molar-refractivity contribution in [2.45, 2.75) is 59.1 Å². The number of aliphatic hydroxyl groups excluding tert-OH is 1. The summed E-state index contributed by atoms with van der Waals surface area (Å²) in [5, 5.41) is 11.6. The molecule has 9 nitrogen and oxygen atoms in total. The van der Waals surface area contributed by atoms with Crippen LogP contribution in [0.3, 0.4) is 0 Å². The number of hydrogen-bond donors (Lipinski definition) is 1. The monoisotopic (exact) mass is 555 g/mol. The highest BCUT2D eigenvalue weighted by molar-refractivity contribution is 6.46. The molecule has 0 spiro atoms. The third-order valence-electron chi connectivity index (χ3n) is 6.74. The molecule has 1 N–H and O–H groups in total. The second-order valence-electron chi connectivity index (χ2n) is 10.1. The fourth-order valence-corrected chi connectivity index (χ4v) is 4.86. The van der Waals surface area contributed by atoms with E-state index < -0.39 is 17.7 Å². The summed E-state index contributed by atoms with van der Waals surface area (Å²) in [6.45, 7) is 11.0. The number of hydrogen-bond acceptors (Lipinski definition) is 8. The first kappa shape index (κ1) is 30.8. The predicted octanol–water partition coefficient (Wildman–Crippen LogP) is 5.47. The first-order valence-electron chi connectivity index (χ1n) is 13.6. The SMILES string of the molecule is CCOc1ccc(/C(O)=C2\C(=O)C(=O)N(CCCOC(C)C)C2c2cc(OC)c(OC)c(OC)c2)cc1C(C)C. The van der Waals surface area contributed by atoms with Gasteiger partial charge in [-0.1, -0.05) is 13.8 Å². The predicted molar refractivity (Wildman–Crippen MR) is 153 cm³/mol. The van der Waals surface area contributed by atoms with Crippen molar-refractivity contribution in [3.63, 3.8) is 0 Å². The highest BCUT2D eigenvalue weighted by atomic mass is 16.5. The number of Topliss-reactive ketones (excluding diaryl/α,β-unsaturated/α-hetero) is 1. The molecule has 40 heavy (non-hydrogen) atoms. The molecule has 0 aliphatic carbocycles. The lowest BCUT2D eigenvalue weighted by Gasteiger charge is -2.27. The van der Waals surface area contributed by atoms with Crippen LogP contribution >= 0.6 is 0 Å². The van der Waals surface area contributed by atoms with E-state index in [1.165, 1.54) is 26.2 Å². The Morgan fingerprint density at radius 3 is 2.12 bits per heavy atom. The highest BCUT2D eigenvalue weighted by Gasteiger charge is 2.46. The number of carbonyl (C=O) groups excluding carboxylic acids is 2. The minimum Gasteiger partial charge on any atom is -0.507 e. The molecule has 1 amide bonds. The van der Waals surface area contributed by atoms with Gasteiger partial charge in [-0.25, -0.2) is 0 Å². The van der Waals surface area contributed by atoms with Crippen molar-refractivity contribution in [3.8, 4) is 23.0 Å². The maximum absolute atomic E-state index is 13.5. The molecule has 9 heteroatoms. The van der Waals surface area contributed by atoms with Gasteiger partial charge in [-0.2, -0.15) is 0 Å². The maximum atomic E-state index is 13.5. The smallest absolute Gasteiger partial charge is 0.295 e. The minimum atomic E-state index is -0.887. The lowest BCUT2D eigenvalue weighted by atomic mass is 9.92. The molecule has 1 saturated heterocycles. The largest absolute Gasteiger partial charge is 0.507 e. The van der Waals surface area contributed by atoms with E-state index in [0.29, 0.717) is 53.8 Å². The number of carbonyl (C=O) groups is 2. The molecule has 0 aromatic heterocycles. The Bertz CT molecular complexity index is 1220. The lowest BCUT2D eigenvalue weighted by molar-refractivity contribution is -0.140. The number of aliphatic hydroxyl groups is 1. The second kappa shape index (κ2) is 13.6. The molecule has 0 radical (unpaired) electrons. The van der Waals surface area contributed by atoms with Gasteiger partial charge in [-0.05, 0) is 74.6 Å². The Hall–Kier alpha value is -3.72. The van der Waals surface area contributed by atoms with Crippen LogP contribution < -0.4 is 18.9 Å². The molecule has 0 bridgehead atoms. The van der Waals surface area contributed by atoms with Gasteiger partial charge in [0.1, 0.15) is 11.5 Å². The average Bonchev–Trinajstić information content (AvgIpc) is 3.19. The van der Waals surface area contributed by atoms with E-state index in [-0.39, 0.29) is 29.9 Å². The molecule has 218 valence electrons. The van der Waals surface area contributed by atoms with Crippen molar-refractivity contribution in [1.29, 1.82) is 0 Å². The van der Waals surface area contributed by atoms with E-state index in [4.69, 9.17) is 23.7 Å². The van der Waals surface area contributed by atoms with Crippen molar-refractivity contribution in [1.82, 2.24) is 4.90 Å². The molecule has 2 aromatic rings. The Kier molecular flexibility index (Phi) is 10.5. The van der Waals surface area contributed by atoms with Gasteiger partial charge in [-0.3, -0.25) is 9.59 Å². The van der Waals surface area contributed by atoms with Gasteiger partial charge in [0, 0.05) is 18.7 Å².